The van der Waals surface area contributed by atoms with Gasteiger partial charge in [-0.1, -0.05) is 30.3 Å². The number of carbonyl (C=O) groups is 1. The van der Waals surface area contributed by atoms with Crippen molar-refractivity contribution in [3.8, 4) is 0 Å². The first-order valence-corrected chi connectivity index (χ1v) is 8.95. The van der Waals surface area contributed by atoms with E-state index in [9.17, 15) is 4.79 Å². The van der Waals surface area contributed by atoms with Crippen LogP contribution in [0, 0.1) is 0 Å². The number of hydrogen-bond acceptors (Lipinski definition) is 4. The van der Waals surface area contributed by atoms with Crippen LogP contribution in [-0.2, 0) is 6.54 Å². The number of aromatic nitrogens is 4. The molecule has 1 aliphatic heterocycles. The molecule has 3 aromatic rings. The molecule has 0 unspecified atom stereocenters. The molecule has 6 heteroatoms. The van der Waals surface area contributed by atoms with Crippen LogP contribution in [0.2, 0.25) is 0 Å². The number of benzene rings is 1. The van der Waals surface area contributed by atoms with Crippen LogP contribution in [0.15, 0.2) is 61.2 Å². The van der Waals surface area contributed by atoms with E-state index in [2.05, 4.69) is 31.9 Å². The normalized spacial score (nSPS) is 17.2. The van der Waals surface area contributed by atoms with Crippen LogP contribution in [0.4, 0.5) is 0 Å². The second-order valence-electron chi connectivity index (χ2n) is 6.55. The third kappa shape index (κ3) is 3.35. The quantitative estimate of drug-likeness (QED) is 0.727. The van der Waals surface area contributed by atoms with E-state index in [1.54, 1.807) is 30.9 Å². The molecule has 0 spiro atoms. The first-order valence-electron chi connectivity index (χ1n) is 8.95. The summed E-state index contributed by atoms with van der Waals surface area (Å²) >= 11 is 0. The highest BCUT2D eigenvalue weighted by Gasteiger charge is 2.31. The molecule has 4 rings (SSSR count). The van der Waals surface area contributed by atoms with Crippen LogP contribution in [0.5, 0.6) is 0 Å². The average molecular weight is 347 g/mol. The summed E-state index contributed by atoms with van der Waals surface area (Å²) in [5, 5.41) is 8.49. The van der Waals surface area contributed by atoms with Gasteiger partial charge in [-0.2, -0.15) is 0 Å². The zero-order valence-corrected chi connectivity index (χ0v) is 14.5. The lowest BCUT2D eigenvalue weighted by atomic mass is 10.00. The summed E-state index contributed by atoms with van der Waals surface area (Å²) in [5.74, 6) is 0.891. The first kappa shape index (κ1) is 16.4. The third-order valence-electron chi connectivity index (χ3n) is 4.83. The Morgan fingerprint density at radius 2 is 1.88 bits per heavy atom. The Labute approximate surface area is 152 Å². The predicted octanol–water partition coefficient (Wildman–Crippen LogP) is 3.09. The number of rotatable bonds is 4. The second kappa shape index (κ2) is 7.47. The van der Waals surface area contributed by atoms with Gasteiger partial charge in [0.1, 0.15) is 6.33 Å². The molecule has 1 amide bonds. The van der Waals surface area contributed by atoms with E-state index >= 15 is 0 Å². The molecule has 1 fully saturated rings. The molecule has 0 radical (unpaired) electrons. The average Bonchev–Trinajstić information content (AvgIpc) is 3.17. The van der Waals surface area contributed by atoms with Gasteiger partial charge in [-0.05, 0) is 37.0 Å². The van der Waals surface area contributed by atoms with Crippen molar-refractivity contribution in [2.24, 2.45) is 0 Å². The first-order chi connectivity index (χ1) is 12.8. The molecular formula is C20H21N5O. The molecule has 26 heavy (non-hydrogen) atoms. The summed E-state index contributed by atoms with van der Waals surface area (Å²) in [6, 6.07) is 13.7. The molecule has 1 atom stereocenters. The van der Waals surface area contributed by atoms with Gasteiger partial charge in [0.2, 0.25) is 0 Å². The van der Waals surface area contributed by atoms with Gasteiger partial charge < -0.3 is 9.47 Å². The summed E-state index contributed by atoms with van der Waals surface area (Å²) < 4.78 is 2.05. The van der Waals surface area contributed by atoms with E-state index in [0.29, 0.717) is 12.1 Å². The number of carbonyl (C=O) groups excluding carboxylic acids is 1. The van der Waals surface area contributed by atoms with Crippen molar-refractivity contribution in [2.75, 3.05) is 6.54 Å². The van der Waals surface area contributed by atoms with Gasteiger partial charge in [-0.25, -0.2) is 0 Å². The fraction of sp³-hybridized carbons (Fsp3) is 0.300. The Bertz CT molecular complexity index is 862. The summed E-state index contributed by atoms with van der Waals surface area (Å²) in [6.07, 6.45) is 8.08. The number of nitrogens with zero attached hydrogens (tertiary/aromatic N) is 5. The molecule has 0 bridgehead atoms. The molecule has 132 valence electrons. The van der Waals surface area contributed by atoms with E-state index in [1.807, 2.05) is 23.1 Å². The van der Waals surface area contributed by atoms with Crippen molar-refractivity contribution in [3.63, 3.8) is 0 Å². The van der Waals surface area contributed by atoms with Crippen LogP contribution in [0.1, 0.15) is 47.1 Å². The van der Waals surface area contributed by atoms with Crippen molar-refractivity contribution >= 4 is 5.91 Å². The third-order valence-corrected chi connectivity index (χ3v) is 4.83. The van der Waals surface area contributed by atoms with E-state index in [0.717, 1.165) is 31.6 Å². The minimum absolute atomic E-state index is 0.0337. The van der Waals surface area contributed by atoms with Gasteiger partial charge in [0.15, 0.2) is 5.82 Å². The topological polar surface area (TPSA) is 63.9 Å². The lowest BCUT2D eigenvalue weighted by molar-refractivity contribution is 0.0595. The number of likely N-dealkylation sites (tertiary alicyclic amines) is 1. The molecule has 3 heterocycles. The highest BCUT2D eigenvalue weighted by atomic mass is 16.2. The molecule has 0 N–H and O–H groups in total. The molecule has 0 saturated carbocycles. The van der Waals surface area contributed by atoms with Gasteiger partial charge in [-0.3, -0.25) is 9.78 Å². The predicted molar refractivity (Wildman–Crippen MR) is 97.4 cm³/mol. The second-order valence-corrected chi connectivity index (χ2v) is 6.55. The fourth-order valence-electron chi connectivity index (χ4n) is 3.53. The van der Waals surface area contributed by atoms with E-state index in [-0.39, 0.29) is 11.9 Å². The summed E-state index contributed by atoms with van der Waals surface area (Å²) in [6.45, 7) is 1.45. The lowest BCUT2D eigenvalue weighted by Gasteiger charge is -2.35. The zero-order valence-electron chi connectivity index (χ0n) is 14.5. The van der Waals surface area contributed by atoms with Crippen molar-refractivity contribution in [2.45, 2.75) is 31.8 Å². The highest BCUT2D eigenvalue weighted by Crippen LogP contribution is 2.31. The SMILES string of the molecule is O=C(c1ccncc1)N1CCCC[C@@H]1c1nncn1Cc1ccccc1. The lowest BCUT2D eigenvalue weighted by Crippen LogP contribution is -2.39. The summed E-state index contributed by atoms with van der Waals surface area (Å²) in [4.78, 5) is 19.0. The van der Waals surface area contributed by atoms with E-state index in [4.69, 9.17) is 0 Å². The molecule has 1 saturated heterocycles. The Morgan fingerprint density at radius 3 is 2.69 bits per heavy atom. The molecular weight excluding hydrogens is 326 g/mol. The molecule has 0 aliphatic carbocycles. The Balaban J connectivity index is 1.61. The van der Waals surface area contributed by atoms with Crippen LogP contribution >= 0.6 is 0 Å². The number of pyridine rings is 1. The molecule has 1 aliphatic rings. The van der Waals surface area contributed by atoms with Crippen LogP contribution in [0.3, 0.4) is 0 Å². The largest absolute Gasteiger partial charge is 0.328 e. The minimum Gasteiger partial charge on any atom is -0.328 e. The van der Waals surface area contributed by atoms with E-state index < -0.39 is 0 Å². The van der Waals surface area contributed by atoms with Gasteiger partial charge in [0, 0.05) is 24.5 Å². The fourth-order valence-corrected chi connectivity index (χ4v) is 3.53. The van der Waals surface area contributed by atoms with Crippen LogP contribution in [-0.4, -0.2) is 37.1 Å². The van der Waals surface area contributed by atoms with Gasteiger partial charge in [0.05, 0.1) is 12.6 Å². The van der Waals surface area contributed by atoms with Crippen molar-refractivity contribution in [3.05, 3.63) is 78.1 Å². The molecule has 2 aromatic heterocycles. The van der Waals surface area contributed by atoms with Gasteiger partial charge in [-0.15, -0.1) is 10.2 Å². The van der Waals surface area contributed by atoms with Crippen molar-refractivity contribution < 1.29 is 4.79 Å². The van der Waals surface area contributed by atoms with Crippen LogP contribution < -0.4 is 0 Å². The van der Waals surface area contributed by atoms with Crippen molar-refractivity contribution in [1.29, 1.82) is 0 Å². The Kier molecular flexibility index (Phi) is 4.73. The highest BCUT2D eigenvalue weighted by molar-refractivity contribution is 5.94. The monoisotopic (exact) mass is 347 g/mol. The number of amides is 1. The minimum atomic E-state index is -0.0457. The Morgan fingerprint density at radius 1 is 1.08 bits per heavy atom. The molecule has 6 nitrogen and oxygen atoms in total. The van der Waals surface area contributed by atoms with Crippen molar-refractivity contribution in [1.82, 2.24) is 24.6 Å². The number of hydrogen-bond donors (Lipinski definition) is 0. The standard InChI is InChI=1S/C20H21N5O/c26-20(17-9-11-21-12-10-17)25-13-5-4-8-18(25)19-23-22-15-24(19)14-16-6-2-1-3-7-16/h1-3,6-7,9-12,15,18H,4-5,8,13-14H2/t18-/m1/s1. The maximum atomic E-state index is 13.0. The zero-order chi connectivity index (χ0) is 17.8. The Hall–Kier alpha value is -3.02. The summed E-state index contributed by atoms with van der Waals surface area (Å²) in [5.41, 5.74) is 1.86. The maximum Gasteiger partial charge on any atom is 0.254 e. The van der Waals surface area contributed by atoms with Crippen LogP contribution in [0.25, 0.3) is 0 Å². The van der Waals surface area contributed by atoms with E-state index in [1.165, 1.54) is 5.56 Å². The molecule has 1 aromatic carbocycles. The number of piperidine rings is 1. The maximum absolute atomic E-state index is 13.0. The van der Waals surface area contributed by atoms with Gasteiger partial charge >= 0.3 is 0 Å². The van der Waals surface area contributed by atoms with Gasteiger partial charge in [0.25, 0.3) is 5.91 Å². The smallest absolute Gasteiger partial charge is 0.254 e. The summed E-state index contributed by atoms with van der Waals surface area (Å²) in [7, 11) is 0.